The maximum Gasteiger partial charge on any atom is 0.0776 e. The van der Waals surface area contributed by atoms with Gasteiger partial charge in [-0.05, 0) is 35.6 Å². The van der Waals surface area contributed by atoms with Crippen molar-refractivity contribution in [3.05, 3.63) is 71.3 Å². The molecule has 3 rings (SSSR count). The molecule has 2 aromatic carbocycles. The molecule has 0 spiro atoms. The van der Waals surface area contributed by atoms with Crippen molar-refractivity contribution in [2.24, 2.45) is 10.8 Å². The third-order valence-corrected chi connectivity index (χ3v) is 4.67. The number of rotatable bonds is 6. The van der Waals surface area contributed by atoms with E-state index >= 15 is 0 Å². The van der Waals surface area contributed by atoms with Gasteiger partial charge in [0, 0.05) is 12.1 Å². The van der Waals surface area contributed by atoms with E-state index in [1.165, 1.54) is 22.4 Å². The van der Waals surface area contributed by atoms with Crippen molar-refractivity contribution >= 4 is 5.71 Å². The summed E-state index contributed by atoms with van der Waals surface area (Å²) >= 11 is 0. The molecule has 0 aromatic heterocycles. The predicted octanol–water partition coefficient (Wildman–Crippen LogP) is 4.46. The van der Waals surface area contributed by atoms with Gasteiger partial charge in [0.15, 0.2) is 0 Å². The van der Waals surface area contributed by atoms with Crippen LogP contribution in [0, 0.1) is 0 Å². The first kappa shape index (κ1) is 16.7. The van der Waals surface area contributed by atoms with Gasteiger partial charge >= 0.3 is 0 Å². The van der Waals surface area contributed by atoms with Crippen molar-refractivity contribution in [1.29, 1.82) is 0 Å². The van der Waals surface area contributed by atoms with Crippen LogP contribution in [0.3, 0.4) is 0 Å². The van der Waals surface area contributed by atoms with Gasteiger partial charge in [-0.1, -0.05) is 68.4 Å². The Kier molecular flexibility index (Phi) is 5.31. The largest absolute Gasteiger partial charge is 0.330 e. The summed E-state index contributed by atoms with van der Waals surface area (Å²) in [7, 11) is 0. The minimum atomic E-state index is 0.313. The van der Waals surface area contributed by atoms with Gasteiger partial charge in [-0.2, -0.15) is 5.10 Å². The predicted molar refractivity (Wildman–Crippen MR) is 101 cm³/mol. The Balaban J connectivity index is 1.81. The molecule has 0 saturated heterocycles. The zero-order chi connectivity index (χ0) is 16.9. The van der Waals surface area contributed by atoms with Gasteiger partial charge in [-0.15, -0.1) is 0 Å². The Morgan fingerprint density at radius 2 is 1.79 bits per heavy atom. The van der Waals surface area contributed by atoms with Gasteiger partial charge in [0.1, 0.15) is 0 Å². The van der Waals surface area contributed by atoms with Crippen LogP contribution in [0.1, 0.15) is 55.3 Å². The van der Waals surface area contributed by atoms with E-state index in [0.29, 0.717) is 18.5 Å². The third-order valence-electron chi connectivity index (χ3n) is 4.67. The standard InChI is InChI=1S/C21H27N3/c1-16(2)18-8-10-19(11-9-18)21-14-20(12-13-22)23-24(21)15-17-6-4-3-5-7-17/h3-11,16,21H,12-15,22H2,1-2H3. The Labute approximate surface area is 145 Å². The molecule has 0 fully saturated rings. The van der Waals surface area contributed by atoms with Crippen LogP contribution in [0.4, 0.5) is 0 Å². The fourth-order valence-electron chi connectivity index (χ4n) is 3.25. The van der Waals surface area contributed by atoms with Crippen LogP contribution in [0.5, 0.6) is 0 Å². The second-order valence-electron chi connectivity index (χ2n) is 6.83. The van der Waals surface area contributed by atoms with E-state index in [1.54, 1.807) is 0 Å². The summed E-state index contributed by atoms with van der Waals surface area (Å²) in [5.74, 6) is 0.562. The summed E-state index contributed by atoms with van der Waals surface area (Å²) in [4.78, 5) is 0. The number of hydrogen-bond donors (Lipinski definition) is 1. The molecule has 126 valence electrons. The van der Waals surface area contributed by atoms with E-state index in [1.807, 2.05) is 0 Å². The van der Waals surface area contributed by atoms with E-state index in [2.05, 4.69) is 73.5 Å². The van der Waals surface area contributed by atoms with Crippen LogP contribution in [-0.4, -0.2) is 17.3 Å². The van der Waals surface area contributed by atoms with Crippen LogP contribution in [0.15, 0.2) is 59.7 Å². The van der Waals surface area contributed by atoms with Crippen molar-refractivity contribution in [2.75, 3.05) is 6.54 Å². The van der Waals surface area contributed by atoms with Crippen molar-refractivity contribution in [1.82, 2.24) is 5.01 Å². The van der Waals surface area contributed by atoms with Gasteiger partial charge in [0.05, 0.1) is 12.6 Å². The van der Waals surface area contributed by atoms with Crippen LogP contribution in [0.2, 0.25) is 0 Å². The SMILES string of the molecule is CC(C)c1ccc(C2CC(CCN)=NN2Cc2ccccc2)cc1. The van der Waals surface area contributed by atoms with Gasteiger partial charge in [-0.3, -0.25) is 5.01 Å². The molecule has 0 bridgehead atoms. The second-order valence-corrected chi connectivity index (χ2v) is 6.83. The van der Waals surface area contributed by atoms with Crippen molar-refractivity contribution in [2.45, 2.75) is 45.2 Å². The van der Waals surface area contributed by atoms with E-state index in [0.717, 1.165) is 19.4 Å². The first-order valence-electron chi connectivity index (χ1n) is 8.84. The summed E-state index contributed by atoms with van der Waals surface area (Å²) in [6.45, 7) is 5.96. The maximum atomic E-state index is 5.74. The average Bonchev–Trinajstić information content (AvgIpc) is 2.98. The van der Waals surface area contributed by atoms with Gasteiger partial charge < -0.3 is 5.73 Å². The van der Waals surface area contributed by atoms with Gasteiger partial charge in [-0.25, -0.2) is 0 Å². The van der Waals surface area contributed by atoms with Gasteiger partial charge in [0.25, 0.3) is 0 Å². The summed E-state index contributed by atoms with van der Waals surface area (Å²) in [5, 5.41) is 7.09. The molecule has 0 saturated carbocycles. The lowest BCUT2D eigenvalue weighted by molar-refractivity contribution is 0.224. The molecule has 0 radical (unpaired) electrons. The maximum absolute atomic E-state index is 5.74. The molecule has 2 N–H and O–H groups in total. The fourth-order valence-corrected chi connectivity index (χ4v) is 3.25. The van der Waals surface area contributed by atoms with Crippen molar-refractivity contribution in [3.8, 4) is 0 Å². The smallest absolute Gasteiger partial charge is 0.0776 e. The molecule has 1 aliphatic rings. The summed E-state index contributed by atoms with van der Waals surface area (Å²) in [6, 6.07) is 19.9. The highest BCUT2D eigenvalue weighted by Crippen LogP contribution is 2.33. The zero-order valence-corrected chi connectivity index (χ0v) is 14.7. The molecular weight excluding hydrogens is 294 g/mol. The molecule has 0 amide bonds. The van der Waals surface area contributed by atoms with E-state index in [9.17, 15) is 0 Å². The number of nitrogens with zero attached hydrogens (tertiary/aromatic N) is 2. The van der Waals surface area contributed by atoms with E-state index in [-0.39, 0.29) is 0 Å². The van der Waals surface area contributed by atoms with E-state index < -0.39 is 0 Å². The summed E-state index contributed by atoms with van der Waals surface area (Å²) in [5.41, 5.74) is 11.0. The number of benzene rings is 2. The lowest BCUT2D eigenvalue weighted by atomic mass is 9.96. The summed E-state index contributed by atoms with van der Waals surface area (Å²) < 4.78 is 0. The number of nitrogens with two attached hydrogens (primary N) is 1. The van der Waals surface area contributed by atoms with Crippen LogP contribution < -0.4 is 5.73 Å². The highest BCUT2D eigenvalue weighted by atomic mass is 15.5. The van der Waals surface area contributed by atoms with Crippen molar-refractivity contribution < 1.29 is 0 Å². The lowest BCUT2D eigenvalue weighted by Crippen LogP contribution is -2.19. The Hall–Kier alpha value is -2.13. The fraction of sp³-hybridized carbons (Fsp3) is 0.381. The lowest BCUT2D eigenvalue weighted by Gasteiger charge is -2.24. The zero-order valence-electron chi connectivity index (χ0n) is 14.7. The minimum Gasteiger partial charge on any atom is -0.330 e. The van der Waals surface area contributed by atoms with Gasteiger partial charge in [0.2, 0.25) is 0 Å². The highest BCUT2D eigenvalue weighted by molar-refractivity contribution is 5.86. The summed E-state index contributed by atoms with van der Waals surface area (Å²) in [6.07, 6.45) is 1.86. The van der Waals surface area contributed by atoms with Crippen LogP contribution in [0.25, 0.3) is 0 Å². The molecule has 2 aromatic rings. The van der Waals surface area contributed by atoms with E-state index in [4.69, 9.17) is 10.8 Å². The normalized spacial score (nSPS) is 17.4. The van der Waals surface area contributed by atoms with Crippen LogP contribution >= 0.6 is 0 Å². The Bertz CT molecular complexity index is 674. The minimum absolute atomic E-state index is 0.313. The molecular formula is C21H27N3. The first-order chi connectivity index (χ1) is 11.7. The first-order valence-corrected chi connectivity index (χ1v) is 8.84. The Morgan fingerprint density at radius 1 is 1.08 bits per heavy atom. The Morgan fingerprint density at radius 3 is 2.42 bits per heavy atom. The highest BCUT2D eigenvalue weighted by Gasteiger charge is 2.27. The molecule has 24 heavy (non-hydrogen) atoms. The quantitative estimate of drug-likeness (QED) is 0.853. The third kappa shape index (κ3) is 3.85. The molecule has 3 nitrogen and oxygen atoms in total. The molecule has 1 aliphatic heterocycles. The number of hydrazone groups is 1. The molecule has 0 aliphatic carbocycles. The molecule has 3 heteroatoms. The average molecular weight is 321 g/mol. The molecule has 1 heterocycles. The second kappa shape index (κ2) is 7.63. The topological polar surface area (TPSA) is 41.6 Å². The van der Waals surface area contributed by atoms with Crippen molar-refractivity contribution in [3.63, 3.8) is 0 Å². The molecule has 1 atom stereocenters. The molecule has 1 unspecified atom stereocenters. The number of hydrogen-bond acceptors (Lipinski definition) is 3. The monoisotopic (exact) mass is 321 g/mol. The van der Waals surface area contributed by atoms with Crippen LogP contribution in [-0.2, 0) is 6.54 Å².